The van der Waals surface area contributed by atoms with Crippen molar-refractivity contribution in [3.05, 3.63) is 0 Å². The summed E-state index contributed by atoms with van der Waals surface area (Å²) in [7, 11) is 0. The van der Waals surface area contributed by atoms with Gasteiger partial charge in [-0.2, -0.15) is 0 Å². The molecule has 0 amide bonds. The molecule has 0 saturated carbocycles. The fourth-order valence-electron chi connectivity index (χ4n) is 1.65. The van der Waals surface area contributed by atoms with Gasteiger partial charge in [-0.25, -0.2) is 4.79 Å². The molecule has 0 spiro atoms. The van der Waals surface area contributed by atoms with Crippen LogP contribution in [-0.4, -0.2) is 38.4 Å². The molecule has 0 radical (unpaired) electrons. The molecular formula is C12H23NO3. The van der Waals surface area contributed by atoms with E-state index in [2.05, 4.69) is 12.2 Å². The quantitative estimate of drug-likeness (QED) is 0.506. The van der Waals surface area contributed by atoms with Gasteiger partial charge in [-0.15, -0.1) is 0 Å². The van der Waals surface area contributed by atoms with Gasteiger partial charge in [0.2, 0.25) is 0 Å². The number of nitrogens with one attached hydrogen (secondary N) is 1. The van der Waals surface area contributed by atoms with E-state index in [4.69, 9.17) is 9.47 Å². The monoisotopic (exact) mass is 229 g/mol. The van der Waals surface area contributed by atoms with Crippen molar-refractivity contribution in [1.82, 2.24) is 5.32 Å². The topological polar surface area (TPSA) is 47.6 Å². The molecule has 0 aromatic heterocycles. The largest absolute Gasteiger partial charge is 0.464 e. The summed E-state index contributed by atoms with van der Waals surface area (Å²) in [5.41, 5.74) is 0. The van der Waals surface area contributed by atoms with E-state index in [1.165, 1.54) is 12.8 Å². The summed E-state index contributed by atoms with van der Waals surface area (Å²) in [5, 5.41) is 3.31. The molecule has 1 heterocycles. The smallest absolute Gasteiger partial charge is 0.335 e. The van der Waals surface area contributed by atoms with Crippen molar-refractivity contribution in [3.8, 4) is 0 Å². The highest BCUT2D eigenvalue weighted by molar-refractivity contribution is 5.74. The average Bonchev–Trinajstić information content (AvgIpc) is 2.81. The molecule has 1 N–H and O–H groups in total. The third-order valence-electron chi connectivity index (χ3n) is 2.64. The normalized spacial score (nSPS) is 19.9. The van der Waals surface area contributed by atoms with E-state index < -0.39 is 0 Å². The predicted molar refractivity (Wildman–Crippen MR) is 62.3 cm³/mol. The van der Waals surface area contributed by atoms with Crippen molar-refractivity contribution in [2.75, 3.05) is 26.3 Å². The zero-order valence-corrected chi connectivity index (χ0v) is 10.2. The summed E-state index contributed by atoms with van der Waals surface area (Å²) in [4.78, 5) is 11.4. The van der Waals surface area contributed by atoms with Crippen LogP contribution in [-0.2, 0) is 14.3 Å². The Morgan fingerprint density at radius 1 is 1.44 bits per heavy atom. The molecule has 1 unspecified atom stereocenters. The molecule has 0 aliphatic carbocycles. The summed E-state index contributed by atoms with van der Waals surface area (Å²) >= 11 is 0. The van der Waals surface area contributed by atoms with Crippen LogP contribution >= 0.6 is 0 Å². The molecular weight excluding hydrogens is 206 g/mol. The van der Waals surface area contributed by atoms with Crippen molar-refractivity contribution in [1.29, 1.82) is 0 Å². The number of esters is 1. The molecule has 1 saturated heterocycles. The first kappa shape index (κ1) is 13.5. The van der Waals surface area contributed by atoms with Crippen LogP contribution in [0.5, 0.6) is 0 Å². The number of rotatable bonds is 8. The maximum atomic E-state index is 11.4. The number of hydrogen-bond donors (Lipinski definition) is 1. The van der Waals surface area contributed by atoms with Gasteiger partial charge in [0.05, 0.1) is 6.61 Å². The van der Waals surface area contributed by atoms with E-state index in [9.17, 15) is 4.79 Å². The van der Waals surface area contributed by atoms with Gasteiger partial charge in [-0.05, 0) is 38.8 Å². The molecule has 1 rings (SSSR count). The van der Waals surface area contributed by atoms with E-state index in [0.717, 1.165) is 32.4 Å². The standard InChI is InChI=1S/C12H23NO3/c1-2-3-7-13-8-5-10-16-12(14)11-6-4-9-15-11/h11,13H,2-10H2,1H3. The second kappa shape index (κ2) is 8.53. The number of unbranched alkanes of at least 4 members (excludes halogenated alkanes) is 1. The Balaban J connectivity index is 1.88. The molecule has 0 bridgehead atoms. The lowest BCUT2D eigenvalue weighted by Gasteiger charge is -2.09. The predicted octanol–water partition coefficient (Wildman–Crippen LogP) is 1.49. The Bertz CT molecular complexity index is 191. The maximum absolute atomic E-state index is 11.4. The van der Waals surface area contributed by atoms with Gasteiger partial charge >= 0.3 is 5.97 Å². The molecule has 1 fully saturated rings. The lowest BCUT2D eigenvalue weighted by molar-refractivity contribution is -0.154. The average molecular weight is 229 g/mol. The first-order chi connectivity index (χ1) is 7.84. The van der Waals surface area contributed by atoms with Crippen LogP contribution in [0.25, 0.3) is 0 Å². The van der Waals surface area contributed by atoms with Crippen LogP contribution in [0.4, 0.5) is 0 Å². The summed E-state index contributed by atoms with van der Waals surface area (Å²) in [6.45, 7) is 5.33. The lowest BCUT2D eigenvalue weighted by atomic mass is 10.2. The van der Waals surface area contributed by atoms with Crippen molar-refractivity contribution >= 4 is 5.97 Å². The minimum absolute atomic E-state index is 0.189. The van der Waals surface area contributed by atoms with Gasteiger partial charge < -0.3 is 14.8 Å². The molecule has 0 aromatic carbocycles. The highest BCUT2D eigenvalue weighted by atomic mass is 16.6. The Morgan fingerprint density at radius 3 is 2.94 bits per heavy atom. The van der Waals surface area contributed by atoms with Crippen LogP contribution in [0.3, 0.4) is 0 Å². The summed E-state index contributed by atoms with van der Waals surface area (Å²) < 4.78 is 10.4. The molecule has 4 heteroatoms. The lowest BCUT2D eigenvalue weighted by Crippen LogP contribution is -2.24. The third-order valence-corrected chi connectivity index (χ3v) is 2.64. The van der Waals surface area contributed by atoms with Crippen molar-refractivity contribution < 1.29 is 14.3 Å². The second-order valence-corrected chi connectivity index (χ2v) is 4.13. The second-order valence-electron chi connectivity index (χ2n) is 4.13. The van der Waals surface area contributed by atoms with E-state index in [-0.39, 0.29) is 12.1 Å². The number of carbonyl (C=O) groups is 1. The molecule has 16 heavy (non-hydrogen) atoms. The van der Waals surface area contributed by atoms with Crippen LogP contribution in [0.2, 0.25) is 0 Å². The summed E-state index contributed by atoms with van der Waals surface area (Å²) in [6, 6.07) is 0. The summed E-state index contributed by atoms with van der Waals surface area (Å²) in [5.74, 6) is -0.189. The van der Waals surface area contributed by atoms with Gasteiger partial charge in [0.1, 0.15) is 0 Å². The maximum Gasteiger partial charge on any atom is 0.335 e. The van der Waals surface area contributed by atoms with Gasteiger partial charge in [-0.3, -0.25) is 0 Å². The van der Waals surface area contributed by atoms with E-state index >= 15 is 0 Å². The minimum atomic E-state index is -0.298. The molecule has 0 aromatic rings. The Labute approximate surface area is 97.7 Å². The zero-order valence-electron chi connectivity index (χ0n) is 10.2. The summed E-state index contributed by atoms with van der Waals surface area (Å²) in [6.07, 6.45) is 4.78. The van der Waals surface area contributed by atoms with E-state index in [1.54, 1.807) is 0 Å². The minimum Gasteiger partial charge on any atom is -0.464 e. The van der Waals surface area contributed by atoms with Gasteiger partial charge in [0.25, 0.3) is 0 Å². The van der Waals surface area contributed by atoms with E-state index in [1.807, 2.05) is 0 Å². The molecule has 94 valence electrons. The molecule has 1 aliphatic rings. The van der Waals surface area contributed by atoms with Crippen LogP contribution in [0.1, 0.15) is 39.0 Å². The SMILES string of the molecule is CCCCNCCCOC(=O)C1CCCO1. The van der Waals surface area contributed by atoms with Crippen LogP contribution in [0.15, 0.2) is 0 Å². The molecule has 4 nitrogen and oxygen atoms in total. The van der Waals surface area contributed by atoms with Crippen molar-refractivity contribution in [3.63, 3.8) is 0 Å². The molecule has 1 atom stereocenters. The van der Waals surface area contributed by atoms with Gasteiger partial charge in [-0.1, -0.05) is 13.3 Å². The van der Waals surface area contributed by atoms with Crippen molar-refractivity contribution in [2.24, 2.45) is 0 Å². The van der Waals surface area contributed by atoms with Crippen LogP contribution < -0.4 is 5.32 Å². The van der Waals surface area contributed by atoms with Crippen molar-refractivity contribution in [2.45, 2.75) is 45.1 Å². The first-order valence-electron chi connectivity index (χ1n) is 6.33. The fraction of sp³-hybridized carbons (Fsp3) is 0.917. The fourth-order valence-corrected chi connectivity index (χ4v) is 1.65. The van der Waals surface area contributed by atoms with Gasteiger partial charge in [0, 0.05) is 6.61 Å². The van der Waals surface area contributed by atoms with E-state index in [0.29, 0.717) is 13.2 Å². The third kappa shape index (κ3) is 5.47. The Kier molecular flexibility index (Phi) is 7.17. The van der Waals surface area contributed by atoms with Gasteiger partial charge in [0.15, 0.2) is 6.10 Å². The zero-order chi connectivity index (χ0) is 11.6. The first-order valence-corrected chi connectivity index (χ1v) is 6.33. The number of ether oxygens (including phenoxy) is 2. The molecule has 1 aliphatic heterocycles. The highest BCUT2D eigenvalue weighted by Crippen LogP contribution is 2.13. The highest BCUT2D eigenvalue weighted by Gasteiger charge is 2.24. The number of carbonyl (C=O) groups excluding carboxylic acids is 1. The van der Waals surface area contributed by atoms with Crippen LogP contribution in [0, 0.1) is 0 Å². The Hall–Kier alpha value is -0.610. The number of hydrogen-bond acceptors (Lipinski definition) is 4. The Morgan fingerprint density at radius 2 is 2.25 bits per heavy atom.